The number of non-ortho nitro benzene ring substituents is 1. The molecule has 3 rings (SSSR count). The van der Waals surface area contributed by atoms with E-state index in [-0.39, 0.29) is 29.8 Å². The Labute approximate surface area is 158 Å². The molecule has 0 unspecified atom stereocenters. The van der Waals surface area contributed by atoms with Gasteiger partial charge in [0.1, 0.15) is 5.75 Å². The first-order chi connectivity index (χ1) is 13.3. The first-order valence-electron chi connectivity index (χ1n) is 8.26. The van der Waals surface area contributed by atoms with Gasteiger partial charge in [-0.25, -0.2) is 4.98 Å². The summed E-state index contributed by atoms with van der Waals surface area (Å²) >= 11 is 0. The maximum Gasteiger partial charge on any atom is 0.308 e. The molecule has 0 spiro atoms. The number of nitrogens with zero attached hydrogens (tertiary/aromatic N) is 3. The van der Waals surface area contributed by atoms with Gasteiger partial charge >= 0.3 is 5.97 Å². The molecule has 0 aliphatic rings. The number of ketones is 1. The number of carbonyl (C=O) groups excluding carboxylic acids is 2. The third-order valence-electron chi connectivity index (χ3n) is 3.95. The summed E-state index contributed by atoms with van der Waals surface area (Å²) in [5, 5.41) is 11.0. The van der Waals surface area contributed by atoms with E-state index in [1.165, 1.54) is 25.4 Å². The molecule has 0 bridgehead atoms. The topological polar surface area (TPSA) is 121 Å². The second kappa shape index (κ2) is 7.78. The van der Waals surface area contributed by atoms with Gasteiger partial charge in [0.2, 0.25) is 0 Å². The van der Waals surface area contributed by atoms with E-state index in [1.54, 1.807) is 24.3 Å². The maximum atomic E-state index is 12.5. The highest BCUT2D eigenvalue weighted by Gasteiger charge is 2.13. The minimum Gasteiger partial charge on any atom is -0.427 e. The fourth-order valence-electron chi connectivity index (χ4n) is 2.69. The number of benzene rings is 2. The molecular formula is C19H15N3O6. The average molecular weight is 381 g/mol. The van der Waals surface area contributed by atoms with Crippen LogP contribution in [-0.4, -0.2) is 26.2 Å². The number of hydrogen-bond donors (Lipinski definition) is 0. The van der Waals surface area contributed by atoms with Gasteiger partial charge in [0.25, 0.3) is 11.2 Å². The van der Waals surface area contributed by atoms with Crippen molar-refractivity contribution in [3.63, 3.8) is 0 Å². The number of ether oxygens (including phenoxy) is 1. The number of nitro groups is 1. The van der Waals surface area contributed by atoms with Gasteiger partial charge < -0.3 is 4.74 Å². The molecule has 0 saturated heterocycles. The van der Waals surface area contributed by atoms with E-state index >= 15 is 0 Å². The Hall–Kier alpha value is -3.88. The van der Waals surface area contributed by atoms with Gasteiger partial charge in [-0.05, 0) is 23.8 Å². The second-order valence-electron chi connectivity index (χ2n) is 6.09. The molecule has 28 heavy (non-hydrogen) atoms. The zero-order chi connectivity index (χ0) is 20.3. The standard InChI is InChI=1S/C19H15N3O6/c1-12(23)28-16-5-2-13(3-6-16)8-15(24)10-21-11-20-18-7-4-14(22(26)27)9-17(18)19(21)25/h2-7,9,11H,8,10H2,1H3. The molecule has 1 aromatic heterocycles. The minimum atomic E-state index is -0.596. The molecule has 0 fully saturated rings. The van der Waals surface area contributed by atoms with Crippen LogP contribution in [0.4, 0.5) is 5.69 Å². The van der Waals surface area contributed by atoms with E-state index in [2.05, 4.69) is 4.98 Å². The Kier molecular flexibility index (Phi) is 5.25. The number of carbonyl (C=O) groups is 2. The van der Waals surface area contributed by atoms with Crippen LogP contribution < -0.4 is 10.3 Å². The molecule has 142 valence electrons. The van der Waals surface area contributed by atoms with Crippen molar-refractivity contribution >= 4 is 28.3 Å². The summed E-state index contributed by atoms with van der Waals surface area (Å²) in [5.41, 5.74) is 0.272. The highest BCUT2D eigenvalue weighted by molar-refractivity contribution is 5.82. The minimum absolute atomic E-state index is 0.0692. The van der Waals surface area contributed by atoms with Crippen molar-refractivity contribution in [2.75, 3.05) is 0 Å². The van der Waals surface area contributed by atoms with Crippen molar-refractivity contribution in [1.29, 1.82) is 0 Å². The van der Waals surface area contributed by atoms with E-state index in [0.29, 0.717) is 16.8 Å². The van der Waals surface area contributed by atoms with Crippen LogP contribution in [0, 0.1) is 10.1 Å². The maximum absolute atomic E-state index is 12.5. The molecule has 9 nitrogen and oxygen atoms in total. The third-order valence-corrected chi connectivity index (χ3v) is 3.95. The number of esters is 1. The zero-order valence-electron chi connectivity index (χ0n) is 14.8. The van der Waals surface area contributed by atoms with Crippen molar-refractivity contribution in [3.8, 4) is 5.75 Å². The lowest BCUT2D eigenvalue weighted by Gasteiger charge is -2.07. The summed E-state index contributed by atoms with van der Waals surface area (Å²) in [5.74, 6) is -0.304. The van der Waals surface area contributed by atoms with E-state index in [1.807, 2.05) is 0 Å². The summed E-state index contributed by atoms with van der Waals surface area (Å²) in [6, 6.07) is 10.3. The van der Waals surface area contributed by atoms with Crippen molar-refractivity contribution in [2.24, 2.45) is 0 Å². The normalized spacial score (nSPS) is 10.6. The van der Waals surface area contributed by atoms with Crippen molar-refractivity contribution < 1.29 is 19.2 Å². The van der Waals surface area contributed by atoms with Crippen LogP contribution in [0.1, 0.15) is 12.5 Å². The number of rotatable bonds is 6. The lowest BCUT2D eigenvalue weighted by molar-refractivity contribution is -0.384. The van der Waals surface area contributed by atoms with Gasteiger partial charge in [-0.3, -0.25) is 29.1 Å². The van der Waals surface area contributed by atoms with E-state index < -0.39 is 16.5 Å². The van der Waals surface area contributed by atoms with Crippen molar-refractivity contribution in [3.05, 3.63) is 74.8 Å². The SMILES string of the molecule is CC(=O)Oc1ccc(CC(=O)Cn2cnc3ccc([N+](=O)[O-])cc3c2=O)cc1. The van der Waals surface area contributed by atoms with Crippen LogP contribution in [0.15, 0.2) is 53.6 Å². The Morgan fingerprint density at radius 1 is 1.18 bits per heavy atom. The molecule has 0 amide bonds. The molecule has 0 aliphatic carbocycles. The van der Waals surface area contributed by atoms with Gasteiger partial charge in [0.05, 0.1) is 28.7 Å². The largest absolute Gasteiger partial charge is 0.427 e. The Balaban J connectivity index is 1.77. The third kappa shape index (κ3) is 4.26. The molecule has 2 aromatic carbocycles. The second-order valence-corrected chi connectivity index (χ2v) is 6.09. The Bertz CT molecular complexity index is 1130. The fraction of sp³-hybridized carbons (Fsp3) is 0.158. The Morgan fingerprint density at radius 3 is 2.54 bits per heavy atom. The monoisotopic (exact) mass is 381 g/mol. The first-order valence-corrected chi connectivity index (χ1v) is 8.26. The lowest BCUT2D eigenvalue weighted by Crippen LogP contribution is -2.25. The smallest absolute Gasteiger partial charge is 0.308 e. The number of hydrogen-bond acceptors (Lipinski definition) is 7. The van der Waals surface area contributed by atoms with E-state index in [0.717, 1.165) is 10.6 Å². The summed E-state index contributed by atoms with van der Waals surface area (Å²) in [6.45, 7) is 1.08. The number of aromatic nitrogens is 2. The van der Waals surface area contributed by atoms with Crippen molar-refractivity contribution in [2.45, 2.75) is 19.9 Å². The fourth-order valence-corrected chi connectivity index (χ4v) is 2.69. The van der Waals surface area contributed by atoms with Crippen LogP contribution in [0.25, 0.3) is 10.9 Å². The van der Waals surface area contributed by atoms with Gasteiger partial charge in [-0.2, -0.15) is 0 Å². The van der Waals surface area contributed by atoms with Gasteiger partial charge in [-0.1, -0.05) is 12.1 Å². The van der Waals surface area contributed by atoms with Crippen LogP contribution in [0.2, 0.25) is 0 Å². The summed E-state index contributed by atoms with van der Waals surface area (Å²) in [4.78, 5) is 50.2. The molecule has 0 radical (unpaired) electrons. The molecule has 0 atom stereocenters. The van der Waals surface area contributed by atoms with Crippen LogP contribution in [-0.2, 0) is 22.6 Å². The molecule has 1 heterocycles. The van der Waals surface area contributed by atoms with Gasteiger partial charge in [0, 0.05) is 25.5 Å². The van der Waals surface area contributed by atoms with E-state index in [9.17, 15) is 24.5 Å². The molecule has 0 N–H and O–H groups in total. The highest BCUT2D eigenvalue weighted by Crippen LogP contribution is 2.16. The number of Topliss-reactive ketones (excluding diaryl/α,β-unsaturated/α-hetero) is 1. The predicted octanol–water partition coefficient (Wildman–Crippen LogP) is 2.04. The average Bonchev–Trinajstić information content (AvgIpc) is 2.65. The zero-order valence-corrected chi connectivity index (χ0v) is 14.8. The molecule has 0 saturated carbocycles. The van der Waals surface area contributed by atoms with Crippen LogP contribution >= 0.6 is 0 Å². The highest BCUT2D eigenvalue weighted by atomic mass is 16.6. The van der Waals surface area contributed by atoms with Crippen LogP contribution in [0.3, 0.4) is 0 Å². The Morgan fingerprint density at radius 2 is 1.89 bits per heavy atom. The quantitative estimate of drug-likeness (QED) is 0.277. The van der Waals surface area contributed by atoms with Crippen molar-refractivity contribution in [1.82, 2.24) is 9.55 Å². The lowest BCUT2D eigenvalue weighted by atomic mass is 10.1. The van der Waals surface area contributed by atoms with Gasteiger partial charge in [-0.15, -0.1) is 0 Å². The van der Waals surface area contributed by atoms with Crippen LogP contribution in [0.5, 0.6) is 5.75 Å². The molecular weight excluding hydrogens is 366 g/mol. The molecule has 3 aromatic rings. The predicted molar refractivity (Wildman–Crippen MR) is 99.1 cm³/mol. The number of fused-ring (bicyclic) bond motifs is 1. The summed E-state index contributed by atoms with van der Waals surface area (Å²) in [7, 11) is 0. The molecule has 9 heteroatoms. The van der Waals surface area contributed by atoms with E-state index in [4.69, 9.17) is 4.74 Å². The number of nitro benzene ring substituents is 1. The summed E-state index contributed by atoms with van der Waals surface area (Å²) in [6.07, 6.45) is 1.32. The first kappa shape index (κ1) is 18.9. The summed E-state index contributed by atoms with van der Waals surface area (Å²) < 4.78 is 6.05. The molecule has 0 aliphatic heterocycles. The van der Waals surface area contributed by atoms with Gasteiger partial charge in [0.15, 0.2) is 5.78 Å².